The summed E-state index contributed by atoms with van der Waals surface area (Å²) in [5, 5.41) is 2.85. The summed E-state index contributed by atoms with van der Waals surface area (Å²) in [5.74, 6) is 0.453. The Balaban J connectivity index is 0.00000256. The fourth-order valence-corrected chi connectivity index (χ4v) is 1.48. The molecule has 17 heavy (non-hydrogen) atoms. The van der Waals surface area contributed by atoms with E-state index < -0.39 is 0 Å². The first-order valence-corrected chi connectivity index (χ1v) is 5.67. The molecule has 1 rings (SSSR count). The van der Waals surface area contributed by atoms with Gasteiger partial charge >= 0.3 is 0 Å². The minimum atomic E-state index is -0.127. The van der Waals surface area contributed by atoms with Crippen LogP contribution in [-0.4, -0.2) is 12.5 Å². The van der Waals surface area contributed by atoms with Gasteiger partial charge in [-0.3, -0.25) is 4.79 Å². The summed E-state index contributed by atoms with van der Waals surface area (Å²) in [6, 6.07) is 9.67. The molecule has 0 bridgehead atoms. The summed E-state index contributed by atoms with van der Waals surface area (Å²) in [6.07, 6.45) is 0.557. The van der Waals surface area contributed by atoms with Gasteiger partial charge in [-0.1, -0.05) is 44.2 Å². The molecular formula is C13H21ClN2O. The molecule has 0 aliphatic heterocycles. The molecule has 96 valence electrons. The molecule has 0 aromatic heterocycles. The van der Waals surface area contributed by atoms with Crippen molar-refractivity contribution in [2.75, 3.05) is 6.54 Å². The van der Waals surface area contributed by atoms with Crippen molar-refractivity contribution >= 4 is 18.3 Å². The second-order valence-electron chi connectivity index (χ2n) is 4.42. The zero-order valence-electron chi connectivity index (χ0n) is 10.3. The first-order chi connectivity index (χ1) is 7.59. The Bertz CT molecular complexity index is 327. The highest BCUT2D eigenvalue weighted by Gasteiger charge is 2.08. The van der Waals surface area contributed by atoms with E-state index in [-0.39, 0.29) is 24.4 Å². The Morgan fingerprint density at radius 2 is 1.88 bits per heavy atom. The summed E-state index contributed by atoms with van der Waals surface area (Å²) in [4.78, 5) is 11.4. The highest BCUT2D eigenvalue weighted by atomic mass is 35.5. The molecule has 1 amide bonds. The van der Waals surface area contributed by atoms with Crippen LogP contribution in [0.2, 0.25) is 0 Å². The molecule has 3 nitrogen and oxygen atoms in total. The van der Waals surface area contributed by atoms with E-state index in [0.29, 0.717) is 18.9 Å². The number of rotatable bonds is 5. The smallest absolute Gasteiger partial charge is 0.220 e. The maximum atomic E-state index is 11.4. The van der Waals surface area contributed by atoms with Crippen molar-refractivity contribution in [1.29, 1.82) is 0 Å². The monoisotopic (exact) mass is 256 g/mol. The molecule has 1 aromatic rings. The van der Waals surface area contributed by atoms with E-state index in [1.54, 1.807) is 0 Å². The first-order valence-electron chi connectivity index (χ1n) is 5.67. The predicted octanol–water partition coefficient (Wildman–Crippen LogP) is 2.27. The fraction of sp³-hybridized carbons (Fsp3) is 0.462. The molecule has 0 saturated heterocycles. The molecular weight excluding hydrogens is 236 g/mol. The van der Waals surface area contributed by atoms with Crippen LogP contribution in [0.1, 0.15) is 31.9 Å². The summed E-state index contributed by atoms with van der Waals surface area (Å²) >= 11 is 0. The summed E-state index contributed by atoms with van der Waals surface area (Å²) < 4.78 is 0. The van der Waals surface area contributed by atoms with Crippen molar-refractivity contribution in [2.24, 2.45) is 11.7 Å². The van der Waals surface area contributed by atoms with E-state index in [1.165, 1.54) is 0 Å². The first kappa shape index (κ1) is 15.9. The number of hydrogen-bond acceptors (Lipinski definition) is 2. The van der Waals surface area contributed by atoms with Gasteiger partial charge in [-0.05, 0) is 11.5 Å². The van der Waals surface area contributed by atoms with E-state index in [0.717, 1.165) is 5.56 Å². The van der Waals surface area contributed by atoms with Crippen LogP contribution in [0.15, 0.2) is 30.3 Å². The molecule has 0 saturated carbocycles. The highest BCUT2D eigenvalue weighted by Crippen LogP contribution is 2.08. The lowest BCUT2D eigenvalue weighted by molar-refractivity contribution is -0.121. The predicted molar refractivity (Wildman–Crippen MR) is 73.1 cm³/mol. The number of benzene rings is 1. The Kier molecular flexibility index (Phi) is 7.59. The molecule has 0 heterocycles. The zero-order chi connectivity index (χ0) is 12.0. The largest absolute Gasteiger partial charge is 0.354 e. The topological polar surface area (TPSA) is 55.1 Å². The van der Waals surface area contributed by atoms with Gasteiger partial charge in [0.2, 0.25) is 5.91 Å². The van der Waals surface area contributed by atoms with Gasteiger partial charge in [0, 0.05) is 19.0 Å². The Morgan fingerprint density at radius 1 is 1.29 bits per heavy atom. The van der Waals surface area contributed by atoms with Gasteiger partial charge in [0.25, 0.3) is 0 Å². The molecule has 0 aliphatic rings. The van der Waals surface area contributed by atoms with Crippen molar-refractivity contribution in [2.45, 2.75) is 26.3 Å². The minimum absolute atomic E-state index is 0. The molecule has 1 aromatic carbocycles. The fourth-order valence-electron chi connectivity index (χ4n) is 1.48. The van der Waals surface area contributed by atoms with Crippen molar-refractivity contribution in [3.05, 3.63) is 35.9 Å². The van der Waals surface area contributed by atoms with Crippen LogP contribution in [0.25, 0.3) is 0 Å². The normalized spacial score (nSPS) is 11.8. The van der Waals surface area contributed by atoms with Gasteiger partial charge in [0.15, 0.2) is 0 Å². The number of amides is 1. The molecule has 0 spiro atoms. The Morgan fingerprint density at radius 3 is 2.41 bits per heavy atom. The van der Waals surface area contributed by atoms with E-state index in [9.17, 15) is 4.79 Å². The zero-order valence-corrected chi connectivity index (χ0v) is 11.2. The Labute approximate surface area is 109 Å². The van der Waals surface area contributed by atoms with Gasteiger partial charge in [-0.25, -0.2) is 0 Å². The Hall–Kier alpha value is -1.06. The minimum Gasteiger partial charge on any atom is -0.354 e. The van der Waals surface area contributed by atoms with E-state index in [2.05, 4.69) is 5.32 Å². The number of nitrogens with one attached hydrogen (secondary N) is 1. The third-order valence-electron chi connectivity index (χ3n) is 2.34. The van der Waals surface area contributed by atoms with Gasteiger partial charge in [0.1, 0.15) is 0 Å². The number of carbonyl (C=O) groups is 1. The summed E-state index contributed by atoms with van der Waals surface area (Å²) in [7, 11) is 0. The summed E-state index contributed by atoms with van der Waals surface area (Å²) in [5.41, 5.74) is 7.01. The molecule has 1 unspecified atom stereocenters. The standard InChI is InChI=1S/C13H20N2O.ClH/c1-10(2)8-13(16)15-9-12(14)11-6-4-3-5-7-11;/h3-7,10,12H,8-9,14H2,1-2H3,(H,15,16);1H. The lowest BCUT2D eigenvalue weighted by atomic mass is 10.1. The number of hydrogen-bond donors (Lipinski definition) is 2. The van der Waals surface area contributed by atoms with Crippen LogP contribution >= 0.6 is 12.4 Å². The van der Waals surface area contributed by atoms with Crippen LogP contribution in [0.5, 0.6) is 0 Å². The molecule has 0 aliphatic carbocycles. The van der Waals surface area contributed by atoms with Crippen LogP contribution in [0.3, 0.4) is 0 Å². The third kappa shape index (κ3) is 6.29. The van der Waals surface area contributed by atoms with Crippen molar-refractivity contribution in [3.63, 3.8) is 0 Å². The second-order valence-corrected chi connectivity index (χ2v) is 4.42. The van der Waals surface area contributed by atoms with Crippen molar-refractivity contribution in [3.8, 4) is 0 Å². The van der Waals surface area contributed by atoms with Crippen molar-refractivity contribution < 1.29 is 4.79 Å². The lowest BCUT2D eigenvalue weighted by Gasteiger charge is -2.13. The van der Waals surface area contributed by atoms with Crippen molar-refractivity contribution in [1.82, 2.24) is 5.32 Å². The van der Waals surface area contributed by atoms with E-state index in [1.807, 2.05) is 44.2 Å². The van der Waals surface area contributed by atoms with Crippen LogP contribution in [0, 0.1) is 5.92 Å². The summed E-state index contributed by atoms with van der Waals surface area (Å²) in [6.45, 7) is 4.54. The van der Waals surface area contributed by atoms with Crippen LogP contribution in [0.4, 0.5) is 0 Å². The SMILES string of the molecule is CC(C)CC(=O)NCC(N)c1ccccc1.Cl. The highest BCUT2D eigenvalue weighted by molar-refractivity contribution is 5.85. The molecule has 0 fully saturated rings. The maximum absolute atomic E-state index is 11.4. The van der Waals surface area contributed by atoms with E-state index >= 15 is 0 Å². The number of carbonyl (C=O) groups excluding carboxylic acids is 1. The molecule has 3 N–H and O–H groups in total. The van der Waals surface area contributed by atoms with Gasteiger partial charge < -0.3 is 11.1 Å². The third-order valence-corrected chi connectivity index (χ3v) is 2.34. The van der Waals surface area contributed by atoms with Gasteiger partial charge in [0.05, 0.1) is 0 Å². The second kappa shape index (κ2) is 8.09. The lowest BCUT2D eigenvalue weighted by Crippen LogP contribution is -2.32. The molecule has 1 atom stereocenters. The maximum Gasteiger partial charge on any atom is 0.220 e. The average molecular weight is 257 g/mol. The average Bonchev–Trinajstić information content (AvgIpc) is 2.26. The molecule has 0 radical (unpaired) electrons. The van der Waals surface area contributed by atoms with Crippen LogP contribution < -0.4 is 11.1 Å². The van der Waals surface area contributed by atoms with Gasteiger partial charge in [-0.15, -0.1) is 12.4 Å². The number of nitrogens with two attached hydrogens (primary N) is 1. The number of halogens is 1. The van der Waals surface area contributed by atoms with Gasteiger partial charge in [-0.2, -0.15) is 0 Å². The van der Waals surface area contributed by atoms with Crippen LogP contribution in [-0.2, 0) is 4.79 Å². The van der Waals surface area contributed by atoms with E-state index in [4.69, 9.17) is 5.73 Å². The molecule has 4 heteroatoms. The quantitative estimate of drug-likeness (QED) is 0.849.